The van der Waals surface area contributed by atoms with Gasteiger partial charge in [-0.2, -0.15) is 0 Å². The van der Waals surface area contributed by atoms with Crippen molar-refractivity contribution in [2.45, 2.75) is 113 Å². The highest BCUT2D eigenvalue weighted by Crippen LogP contribution is 2.40. The van der Waals surface area contributed by atoms with Gasteiger partial charge in [-0.05, 0) is 49.7 Å². The van der Waals surface area contributed by atoms with E-state index in [9.17, 15) is 9.59 Å². The third kappa shape index (κ3) is 14.4. The topological polar surface area (TPSA) is 122 Å². The minimum absolute atomic E-state index is 0.0244. The van der Waals surface area contributed by atoms with Gasteiger partial charge >= 0.3 is 0 Å². The molecule has 8 rings (SSSR count). The number of ether oxygens (including phenoxy) is 4. The molecule has 0 saturated carbocycles. The maximum atomic E-state index is 13.5. The van der Waals surface area contributed by atoms with Gasteiger partial charge in [0.25, 0.3) is 5.91 Å². The van der Waals surface area contributed by atoms with Crippen molar-refractivity contribution in [2.75, 3.05) is 39.5 Å². The molecule has 4 heterocycles. The molecule has 2 fully saturated rings. The fourth-order valence-corrected chi connectivity index (χ4v) is 9.15. The monoisotopic (exact) mass is 965 g/mol. The number of Topliss-reactive ketones (excluding diaryl/α,β-unsaturated/α-hetero) is 1. The summed E-state index contributed by atoms with van der Waals surface area (Å²) in [5, 5.41) is 3.82. The van der Waals surface area contributed by atoms with E-state index in [4.69, 9.17) is 28.9 Å². The molecule has 2 aliphatic heterocycles. The molecule has 2 aromatic heterocycles. The predicted octanol–water partition coefficient (Wildman–Crippen LogP) is 11.2. The molecule has 2 saturated heterocycles. The number of benzene rings is 4. The second kappa shape index (κ2) is 22.8. The zero-order valence-corrected chi connectivity index (χ0v) is 43.9. The molecule has 12 heteroatoms. The molecule has 378 valence electrons. The molecule has 0 spiro atoms. The summed E-state index contributed by atoms with van der Waals surface area (Å²) < 4.78 is 28.0. The summed E-state index contributed by atoms with van der Waals surface area (Å²) in [6, 6.07) is 40.8. The van der Waals surface area contributed by atoms with E-state index in [1.54, 1.807) is 4.90 Å². The lowest BCUT2D eigenvalue weighted by Crippen LogP contribution is -2.50. The van der Waals surface area contributed by atoms with Gasteiger partial charge in [-0.15, -0.1) is 0 Å². The molecule has 2 atom stereocenters. The van der Waals surface area contributed by atoms with E-state index >= 15 is 0 Å². The van der Waals surface area contributed by atoms with Crippen LogP contribution in [0.5, 0.6) is 0 Å². The van der Waals surface area contributed by atoms with Gasteiger partial charge in [0.1, 0.15) is 11.6 Å². The summed E-state index contributed by atoms with van der Waals surface area (Å²) >= 11 is 0. The fraction of sp³-hybridized carbons (Fsp3) is 0.458. The molecule has 0 bridgehead atoms. The number of ketones is 1. The Morgan fingerprint density at radius 1 is 0.606 bits per heavy atom. The van der Waals surface area contributed by atoms with Crippen molar-refractivity contribution in [3.8, 4) is 22.5 Å². The number of nitrogens with one attached hydrogen (secondary N) is 1. The maximum absolute atomic E-state index is 13.5. The van der Waals surface area contributed by atoms with Gasteiger partial charge in [0.05, 0.1) is 49.9 Å². The molecule has 4 aromatic carbocycles. The van der Waals surface area contributed by atoms with Crippen LogP contribution in [0, 0.1) is 22.7 Å². The van der Waals surface area contributed by atoms with Crippen molar-refractivity contribution in [3.05, 3.63) is 156 Å². The molecular weight excluding hydrogens is 889 g/mol. The van der Waals surface area contributed by atoms with Crippen molar-refractivity contribution < 1.29 is 28.5 Å². The van der Waals surface area contributed by atoms with Crippen LogP contribution in [-0.2, 0) is 41.6 Å². The van der Waals surface area contributed by atoms with E-state index in [2.05, 4.69) is 129 Å². The second-order valence-corrected chi connectivity index (χ2v) is 22.2. The van der Waals surface area contributed by atoms with Crippen LogP contribution in [0.4, 0.5) is 0 Å². The minimum Gasteiger partial charge on any atom is -0.350 e. The quantitative estimate of drug-likeness (QED) is 0.100. The van der Waals surface area contributed by atoms with E-state index in [-0.39, 0.29) is 17.4 Å². The lowest BCUT2D eigenvalue weighted by Gasteiger charge is -2.43. The van der Waals surface area contributed by atoms with Crippen LogP contribution in [0.1, 0.15) is 111 Å². The highest BCUT2D eigenvalue weighted by molar-refractivity contribution is 6.35. The molecule has 12 nitrogen and oxygen atoms in total. The number of rotatable bonds is 15. The van der Waals surface area contributed by atoms with Gasteiger partial charge in [-0.25, -0.2) is 9.97 Å². The Bertz CT molecular complexity index is 2610. The number of aromatic nitrogens is 4. The normalized spacial score (nSPS) is 17.2. The number of imidazole rings is 2. The summed E-state index contributed by atoms with van der Waals surface area (Å²) in [5.74, 6) is -0.123. The smallest absolute Gasteiger partial charge is 0.290 e. The number of amides is 1. The first kappa shape index (κ1) is 53.0. The van der Waals surface area contributed by atoms with Crippen LogP contribution < -0.4 is 5.32 Å². The molecule has 0 unspecified atom stereocenters. The Morgan fingerprint density at radius 2 is 1.00 bits per heavy atom. The highest BCUT2D eigenvalue weighted by Gasteiger charge is 2.42. The van der Waals surface area contributed by atoms with Crippen molar-refractivity contribution in [1.82, 2.24) is 29.3 Å². The average Bonchev–Trinajstić information content (AvgIpc) is 3.94. The Balaban J connectivity index is 0.000000211. The highest BCUT2D eigenvalue weighted by atomic mass is 16.7. The average molecular weight is 965 g/mol. The third-order valence-corrected chi connectivity index (χ3v) is 12.9. The molecule has 2 aliphatic rings. The van der Waals surface area contributed by atoms with Crippen LogP contribution in [-0.4, -0.2) is 86.8 Å². The maximum Gasteiger partial charge on any atom is 0.290 e. The first-order chi connectivity index (χ1) is 33.7. The van der Waals surface area contributed by atoms with Gasteiger partial charge in [-0.3, -0.25) is 9.59 Å². The van der Waals surface area contributed by atoms with Crippen LogP contribution in [0.15, 0.2) is 134 Å². The van der Waals surface area contributed by atoms with Crippen LogP contribution in [0.25, 0.3) is 22.5 Å². The fourth-order valence-electron chi connectivity index (χ4n) is 9.15. The molecular formula is C59H76N6O6. The summed E-state index contributed by atoms with van der Waals surface area (Å²) in [7, 11) is 0. The van der Waals surface area contributed by atoms with E-state index < -0.39 is 34.7 Å². The lowest BCUT2D eigenvalue weighted by atomic mass is 9.84. The summed E-state index contributed by atoms with van der Waals surface area (Å²) in [5.41, 5.74) is 5.90. The number of carbonyl (C=O) groups excluding carboxylic acids is 2. The molecule has 1 N–H and O–H groups in total. The van der Waals surface area contributed by atoms with Crippen molar-refractivity contribution in [2.24, 2.45) is 22.7 Å². The van der Waals surface area contributed by atoms with Gasteiger partial charge < -0.3 is 38.3 Å². The number of nitrogens with zero attached hydrogens (tertiary/aromatic N) is 5. The molecule has 0 aliphatic carbocycles. The summed E-state index contributed by atoms with van der Waals surface area (Å²) in [6.07, 6.45) is 4.23. The van der Waals surface area contributed by atoms with Gasteiger partial charge in [0.2, 0.25) is 5.78 Å². The van der Waals surface area contributed by atoms with Crippen LogP contribution in [0.2, 0.25) is 0 Å². The Morgan fingerprint density at radius 3 is 1.41 bits per heavy atom. The standard InChI is InChI=1S/C31H39N3O4.C28H37N3O2/c1-22(35)29(36)34(18-24-20-37-31(5,6)38-21-24)27(30(2,3)4)28-32-26(25-15-11-8-12-16-25)19-33(28)17-23-13-9-7-10-14-23;1-27(2,3)25(29-16-22-19-32-28(4,5)33-20-22)26-30-24(23-14-10-7-11-15-23)18-31(26)17-21-12-8-6-9-13-21/h7-16,19,24,27H,17-18,20-21H2,1-6H3;6-15,18,22,25,29H,16-17,19-20H2,1-5H3/t27-;25-/m00/s1. The SMILES string of the molecule is CC(=O)C(=O)N(CC1COC(C)(C)OC1)[C@@H](c1nc(-c2ccccc2)cn1Cc1ccccc1)C(C)(C)C.CC1(C)OCC(CN[C@@H](c2nc(-c3ccccc3)cn2Cc2ccccc2)C(C)(C)C)CO1. The van der Waals surface area contributed by atoms with E-state index in [0.29, 0.717) is 45.4 Å². The Labute approximate surface area is 422 Å². The summed E-state index contributed by atoms with van der Waals surface area (Å²) in [4.78, 5) is 38.0. The lowest BCUT2D eigenvalue weighted by molar-refractivity contribution is -0.263. The van der Waals surface area contributed by atoms with Crippen molar-refractivity contribution >= 4 is 11.7 Å². The zero-order chi connectivity index (χ0) is 51.0. The summed E-state index contributed by atoms with van der Waals surface area (Å²) in [6.45, 7) is 26.9. The van der Waals surface area contributed by atoms with E-state index in [0.717, 1.165) is 52.8 Å². The first-order valence-corrected chi connectivity index (χ1v) is 25.1. The molecule has 0 radical (unpaired) electrons. The number of hydrogen-bond acceptors (Lipinski definition) is 9. The van der Waals surface area contributed by atoms with Crippen LogP contribution in [0.3, 0.4) is 0 Å². The second-order valence-electron chi connectivity index (χ2n) is 22.2. The van der Waals surface area contributed by atoms with Gasteiger partial charge in [0, 0.05) is 68.5 Å². The van der Waals surface area contributed by atoms with Gasteiger partial charge in [-0.1, -0.05) is 163 Å². The first-order valence-electron chi connectivity index (χ1n) is 25.1. The molecule has 71 heavy (non-hydrogen) atoms. The Hall–Kier alpha value is -5.76. The predicted molar refractivity (Wildman–Crippen MR) is 280 cm³/mol. The van der Waals surface area contributed by atoms with E-state index in [1.807, 2.05) is 88.5 Å². The minimum atomic E-state index is -0.661. The largest absolute Gasteiger partial charge is 0.350 e. The molecule has 1 amide bonds. The van der Waals surface area contributed by atoms with Gasteiger partial charge in [0.15, 0.2) is 11.6 Å². The zero-order valence-electron chi connectivity index (χ0n) is 43.9. The number of hydrogen-bond donors (Lipinski definition) is 1. The molecule has 6 aromatic rings. The van der Waals surface area contributed by atoms with Crippen molar-refractivity contribution in [1.29, 1.82) is 0 Å². The number of carbonyl (C=O) groups is 2. The Kier molecular flexibility index (Phi) is 17.0. The van der Waals surface area contributed by atoms with Crippen molar-refractivity contribution in [3.63, 3.8) is 0 Å². The third-order valence-electron chi connectivity index (χ3n) is 12.9. The van der Waals surface area contributed by atoms with E-state index in [1.165, 1.54) is 12.5 Å². The van der Waals surface area contributed by atoms with Crippen LogP contribution >= 0.6 is 0 Å².